The van der Waals surface area contributed by atoms with E-state index in [2.05, 4.69) is 9.88 Å². The maximum absolute atomic E-state index is 12.9. The predicted octanol–water partition coefficient (Wildman–Crippen LogP) is 1.86. The lowest BCUT2D eigenvalue weighted by molar-refractivity contribution is -0.132. The summed E-state index contributed by atoms with van der Waals surface area (Å²) in [6.45, 7) is 8.60. The number of hydrogen-bond acceptors (Lipinski definition) is 4. The third-order valence-electron chi connectivity index (χ3n) is 5.00. The normalized spacial score (nSPS) is 15.2. The number of benzene rings is 1. The van der Waals surface area contributed by atoms with E-state index in [1.165, 1.54) is 0 Å². The van der Waals surface area contributed by atoms with Crippen LogP contribution in [0.5, 0.6) is 0 Å². The van der Waals surface area contributed by atoms with Crippen LogP contribution in [0, 0.1) is 0 Å². The molecule has 1 aromatic carbocycles. The monoisotopic (exact) mass is 354 g/mol. The van der Waals surface area contributed by atoms with Gasteiger partial charge in [0, 0.05) is 50.9 Å². The largest absolute Gasteiger partial charge is 0.342 e. The second kappa shape index (κ2) is 8.27. The minimum atomic E-state index is 0.0176. The van der Waals surface area contributed by atoms with Crippen LogP contribution in [0.1, 0.15) is 24.2 Å². The number of pyridine rings is 1. The molecular formula is C20H26N4O2. The van der Waals surface area contributed by atoms with Gasteiger partial charge in [0.15, 0.2) is 0 Å². The van der Waals surface area contributed by atoms with Crippen molar-refractivity contribution >= 4 is 22.7 Å². The Morgan fingerprint density at radius 2 is 1.73 bits per heavy atom. The van der Waals surface area contributed by atoms with Crippen molar-refractivity contribution in [3.05, 3.63) is 42.1 Å². The predicted molar refractivity (Wildman–Crippen MR) is 102 cm³/mol. The van der Waals surface area contributed by atoms with Gasteiger partial charge in [-0.2, -0.15) is 0 Å². The molecule has 26 heavy (non-hydrogen) atoms. The smallest absolute Gasteiger partial charge is 0.256 e. The van der Waals surface area contributed by atoms with Crippen molar-refractivity contribution in [2.75, 3.05) is 45.8 Å². The van der Waals surface area contributed by atoms with Crippen LogP contribution in [0.15, 0.2) is 36.5 Å². The van der Waals surface area contributed by atoms with E-state index in [0.29, 0.717) is 25.2 Å². The third-order valence-corrected chi connectivity index (χ3v) is 5.00. The van der Waals surface area contributed by atoms with Crippen LogP contribution in [-0.4, -0.2) is 77.3 Å². The number of fused-ring (bicyclic) bond motifs is 1. The summed E-state index contributed by atoms with van der Waals surface area (Å²) in [6.07, 6.45) is 1.72. The Kier molecular flexibility index (Phi) is 5.83. The lowest BCUT2D eigenvalue weighted by atomic mass is 10.1. The molecule has 2 aromatic rings. The highest BCUT2D eigenvalue weighted by Gasteiger charge is 2.25. The summed E-state index contributed by atoms with van der Waals surface area (Å²) >= 11 is 0. The highest BCUT2D eigenvalue weighted by molar-refractivity contribution is 6.05. The van der Waals surface area contributed by atoms with Gasteiger partial charge in [0.05, 0.1) is 17.6 Å². The number of hydrogen-bond donors (Lipinski definition) is 0. The standard InChI is InChI=1S/C20H26N4O2/c1-3-23(4-2)18(25)15-22-11-13-24(14-12-22)20(26)17-9-5-7-16-8-6-10-21-19(16)17/h5-10H,3-4,11-15H2,1-2H3. The lowest BCUT2D eigenvalue weighted by Gasteiger charge is -2.35. The molecule has 0 aliphatic carbocycles. The molecule has 0 unspecified atom stereocenters. The first kappa shape index (κ1) is 18.3. The van der Waals surface area contributed by atoms with Crippen molar-refractivity contribution in [3.63, 3.8) is 0 Å². The summed E-state index contributed by atoms with van der Waals surface area (Å²) in [5, 5.41) is 0.974. The van der Waals surface area contributed by atoms with Crippen molar-refractivity contribution in [2.24, 2.45) is 0 Å². The van der Waals surface area contributed by atoms with Gasteiger partial charge in [-0.3, -0.25) is 19.5 Å². The minimum absolute atomic E-state index is 0.0176. The molecule has 0 N–H and O–H groups in total. The minimum Gasteiger partial charge on any atom is -0.342 e. The van der Waals surface area contributed by atoms with Crippen LogP contribution in [0.4, 0.5) is 0 Å². The number of piperazine rings is 1. The average molecular weight is 354 g/mol. The molecule has 6 heteroatoms. The molecule has 0 radical (unpaired) electrons. The van der Waals surface area contributed by atoms with E-state index in [1.54, 1.807) is 6.20 Å². The fourth-order valence-electron chi connectivity index (χ4n) is 3.42. The zero-order valence-electron chi connectivity index (χ0n) is 15.5. The number of aromatic nitrogens is 1. The Morgan fingerprint density at radius 1 is 1.04 bits per heavy atom. The Balaban J connectivity index is 1.63. The first-order valence-corrected chi connectivity index (χ1v) is 9.27. The van der Waals surface area contributed by atoms with E-state index in [9.17, 15) is 9.59 Å². The zero-order valence-corrected chi connectivity index (χ0v) is 15.5. The fourth-order valence-corrected chi connectivity index (χ4v) is 3.42. The van der Waals surface area contributed by atoms with Crippen LogP contribution in [0.25, 0.3) is 10.9 Å². The quantitative estimate of drug-likeness (QED) is 0.822. The molecule has 1 aliphatic heterocycles. The van der Waals surface area contributed by atoms with E-state index < -0.39 is 0 Å². The summed E-state index contributed by atoms with van der Waals surface area (Å²) in [5.41, 5.74) is 1.40. The highest BCUT2D eigenvalue weighted by atomic mass is 16.2. The molecule has 2 amide bonds. The van der Waals surface area contributed by atoms with Crippen LogP contribution < -0.4 is 0 Å². The third kappa shape index (κ3) is 3.85. The molecule has 0 spiro atoms. The first-order valence-electron chi connectivity index (χ1n) is 9.27. The van der Waals surface area contributed by atoms with E-state index in [0.717, 1.165) is 37.1 Å². The second-order valence-electron chi connectivity index (χ2n) is 6.52. The number of likely N-dealkylation sites (N-methyl/N-ethyl adjacent to an activating group) is 1. The summed E-state index contributed by atoms with van der Waals surface area (Å²) in [7, 11) is 0. The summed E-state index contributed by atoms with van der Waals surface area (Å²) in [5.74, 6) is 0.178. The number of carbonyl (C=O) groups excluding carboxylic acids is 2. The van der Waals surface area contributed by atoms with E-state index in [-0.39, 0.29) is 11.8 Å². The Labute approximate surface area is 154 Å². The van der Waals surface area contributed by atoms with Crippen LogP contribution >= 0.6 is 0 Å². The Morgan fingerprint density at radius 3 is 2.42 bits per heavy atom. The second-order valence-corrected chi connectivity index (χ2v) is 6.52. The number of nitrogens with zero attached hydrogens (tertiary/aromatic N) is 4. The number of rotatable bonds is 5. The lowest BCUT2D eigenvalue weighted by Crippen LogP contribution is -2.51. The van der Waals surface area contributed by atoms with Crippen molar-refractivity contribution in [1.82, 2.24) is 19.7 Å². The van der Waals surface area contributed by atoms with Crippen LogP contribution in [-0.2, 0) is 4.79 Å². The van der Waals surface area contributed by atoms with Crippen molar-refractivity contribution in [1.29, 1.82) is 0 Å². The van der Waals surface area contributed by atoms with Crippen LogP contribution in [0.2, 0.25) is 0 Å². The molecule has 1 aliphatic rings. The maximum atomic E-state index is 12.9. The van der Waals surface area contributed by atoms with Crippen molar-refractivity contribution < 1.29 is 9.59 Å². The molecule has 3 rings (SSSR count). The van der Waals surface area contributed by atoms with E-state index in [4.69, 9.17) is 0 Å². The van der Waals surface area contributed by atoms with Gasteiger partial charge in [-0.05, 0) is 26.0 Å². The van der Waals surface area contributed by atoms with Gasteiger partial charge in [-0.15, -0.1) is 0 Å². The van der Waals surface area contributed by atoms with Gasteiger partial charge >= 0.3 is 0 Å². The van der Waals surface area contributed by atoms with Gasteiger partial charge in [0.25, 0.3) is 5.91 Å². The molecule has 0 atom stereocenters. The van der Waals surface area contributed by atoms with Gasteiger partial charge in [-0.25, -0.2) is 0 Å². The topological polar surface area (TPSA) is 56.8 Å². The van der Waals surface area contributed by atoms with E-state index >= 15 is 0 Å². The molecular weight excluding hydrogens is 328 g/mol. The fraction of sp³-hybridized carbons (Fsp3) is 0.450. The van der Waals surface area contributed by atoms with Crippen LogP contribution in [0.3, 0.4) is 0 Å². The number of para-hydroxylation sites is 1. The van der Waals surface area contributed by atoms with Gasteiger partial charge in [0.1, 0.15) is 0 Å². The molecule has 6 nitrogen and oxygen atoms in total. The Bertz CT molecular complexity index is 775. The van der Waals surface area contributed by atoms with Crippen molar-refractivity contribution in [3.8, 4) is 0 Å². The highest BCUT2D eigenvalue weighted by Crippen LogP contribution is 2.18. The molecule has 1 fully saturated rings. The number of carbonyl (C=O) groups is 2. The summed E-state index contributed by atoms with van der Waals surface area (Å²) in [4.78, 5) is 35.4. The maximum Gasteiger partial charge on any atom is 0.256 e. The van der Waals surface area contributed by atoms with Crippen molar-refractivity contribution in [2.45, 2.75) is 13.8 Å². The summed E-state index contributed by atoms with van der Waals surface area (Å²) in [6, 6.07) is 9.55. The molecule has 0 bridgehead atoms. The molecule has 138 valence electrons. The zero-order chi connectivity index (χ0) is 18.5. The van der Waals surface area contributed by atoms with Gasteiger partial charge < -0.3 is 9.80 Å². The first-order chi connectivity index (χ1) is 12.6. The average Bonchev–Trinajstić information content (AvgIpc) is 2.68. The molecule has 1 aromatic heterocycles. The number of amides is 2. The molecule has 1 saturated heterocycles. The molecule has 2 heterocycles. The van der Waals surface area contributed by atoms with E-state index in [1.807, 2.05) is 54.0 Å². The molecule has 0 saturated carbocycles. The summed E-state index contributed by atoms with van der Waals surface area (Å²) < 4.78 is 0. The van der Waals surface area contributed by atoms with Gasteiger partial charge in [0.2, 0.25) is 5.91 Å². The SMILES string of the molecule is CCN(CC)C(=O)CN1CCN(C(=O)c2cccc3cccnc23)CC1. The Hall–Kier alpha value is -2.47. The van der Waals surface area contributed by atoms with Gasteiger partial charge in [-0.1, -0.05) is 18.2 Å².